The van der Waals surface area contributed by atoms with Gasteiger partial charge in [-0.2, -0.15) is 4.72 Å². The van der Waals surface area contributed by atoms with Crippen LogP contribution in [0.1, 0.15) is 15.9 Å². The molecule has 0 saturated heterocycles. The minimum absolute atomic E-state index is 0.0192. The Morgan fingerprint density at radius 1 is 1.07 bits per heavy atom. The Hall–Kier alpha value is -2.87. The van der Waals surface area contributed by atoms with Crippen LogP contribution in [0.5, 0.6) is 0 Å². The maximum atomic E-state index is 12.4. The summed E-state index contributed by atoms with van der Waals surface area (Å²) < 4.78 is 51.4. The van der Waals surface area contributed by atoms with E-state index in [1.54, 1.807) is 19.1 Å². The number of aryl methyl sites for hydroxylation is 1. The van der Waals surface area contributed by atoms with E-state index < -0.39 is 26.0 Å². The van der Waals surface area contributed by atoms with Gasteiger partial charge in [-0.25, -0.2) is 16.8 Å². The zero-order valence-corrected chi connectivity index (χ0v) is 16.8. The van der Waals surface area contributed by atoms with E-state index in [2.05, 4.69) is 20.7 Å². The van der Waals surface area contributed by atoms with Crippen molar-refractivity contribution in [2.45, 2.75) is 11.8 Å². The van der Waals surface area contributed by atoms with Gasteiger partial charge in [-0.05, 0) is 48.9 Å². The molecule has 0 saturated carbocycles. The topological polar surface area (TPSA) is 121 Å². The third-order valence-corrected chi connectivity index (χ3v) is 5.59. The van der Waals surface area contributed by atoms with E-state index in [-0.39, 0.29) is 17.0 Å². The van der Waals surface area contributed by atoms with Gasteiger partial charge >= 0.3 is 0 Å². The van der Waals surface area contributed by atoms with Gasteiger partial charge in [-0.15, -0.1) is 6.42 Å². The summed E-state index contributed by atoms with van der Waals surface area (Å²) in [6.45, 7) is 1.59. The number of amides is 1. The molecule has 0 atom stereocenters. The summed E-state index contributed by atoms with van der Waals surface area (Å²) in [5, 5.41) is 2.64. The van der Waals surface area contributed by atoms with Crippen LogP contribution in [-0.2, 0) is 20.0 Å². The van der Waals surface area contributed by atoms with Crippen LogP contribution >= 0.6 is 0 Å². The van der Waals surface area contributed by atoms with Crippen LogP contribution in [0.2, 0.25) is 0 Å². The summed E-state index contributed by atoms with van der Waals surface area (Å²) in [4.78, 5) is 12.4. The molecule has 0 aliphatic rings. The lowest BCUT2D eigenvalue weighted by molar-refractivity contribution is 0.102. The van der Waals surface area contributed by atoms with Crippen molar-refractivity contribution < 1.29 is 21.6 Å². The maximum absolute atomic E-state index is 12.4. The monoisotopic (exact) mass is 421 g/mol. The Labute approximate surface area is 164 Å². The SMILES string of the molecule is C#CCNS(=O)(=O)c1ccc(C(=O)Nc2ccc(C)c(NS(C)(=O)=O)c2)cc1. The Morgan fingerprint density at radius 3 is 2.29 bits per heavy atom. The Kier molecular flexibility index (Phi) is 6.45. The minimum atomic E-state index is -3.74. The van der Waals surface area contributed by atoms with Gasteiger partial charge in [0.05, 0.1) is 23.4 Å². The van der Waals surface area contributed by atoms with Crippen LogP contribution < -0.4 is 14.8 Å². The number of anilines is 2. The van der Waals surface area contributed by atoms with Crippen LogP contribution in [0, 0.1) is 19.3 Å². The molecule has 1 amide bonds. The molecule has 0 fully saturated rings. The summed E-state index contributed by atoms with van der Waals surface area (Å²) in [5.74, 6) is 1.70. The molecule has 0 aliphatic heterocycles. The third kappa shape index (κ3) is 5.82. The van der Waals surface area contributed by atoms with Gasteiger partial charge in [0.25, 0.3) is 5.91 Å². The normalized spacial score (nSPS) is 11.5. The average Bonchev–Trinajstić information content (AvgIpc) is 2.62. The first-order valence-electron chi connectivity index (χ1n) is 7.95. The van der Waals surface area contributed by atoms with Gasteiger partial charge in [-0.1, -0.05) is 12.0 Å². The second kappa shape index (κ2) is 8.43. The highest BCUT2D eigenvalue weighted by atomic mass is 32.2. The second-order valence-corrected chi connectivity index (χ2v) is 9.43. The van der Waals surface area contributed by atoms with E-state index in [9.17, 15) is 21.6 Å². The van der Waals surface area contributed by atoms with Crippen molar-refractivity contribution in [1.29, 1.82) is 0 Å². The number of hydrogen-bond acceptors (Lipinski definition) is 5. The first kappa shape index (κ1) is 21.4. The molecule has 8 nitrogen and oxygen atoms in total. The number of benzene rings is 2. The smallest absolute Gasteiger partial charge is 0.255 e. The highest BCUT2D eigenvalue weighted by Crippen LogP contribution is 2.22. The van der Waals surface area contributed by atoms with Crippen molar-refractivity contribution in [2.75, 3.05) is 22.8 Å². The number of terminal acetylenes is 1. The van der Waals surface area contributed by atoms with Gasteiger partial charge in [0.1, 0.15) is 0 Å². The fourth-order valence-electron chi connectivity index (χ4n) is 2.22. The second-order valence-electron chi connectivity index (χ2n) is 5.91. The molecule has 0 unspecified atom stereocenters. The molecule has 0 aliphatic carbocycles. The standard InChI is InChI=1S/C18H19N3O5S2/c1-4-11-19-28(25,26)16-9-6-14(7-10-16)18(22)20-15-8-5-13(2)17(12-15)21-27(3,23)24/h1,5-10,12,19,21H,11H2,2-3H3,(H,20,22). The van der Waals surface area contributed by atoms with Crippen LogP contribution in [0.25, 0.3) is 0 Å². The fourth-order valence-corrected chi connectivity index (χ4v) is 3.77. The van der Waals surface area contributed by atoms with Crippen LogP contribution in [0.4, 0.5) is 11.4 Å². The van der Waals surface area contributed by atoms with Gasteiger partial charge in [0.15, 0.2) is 0 Å². The average molecular weight is 422 g/mol. The zero-order valence-electron chi connectivity index (χ0n) is 15.2. The predicted octanol–water partition coefficient (Wildman–Crippen LogP) is 1.53. The van der Waals surface area contributed by atoms with E-state index in [1.165, 1.54) is 30.3 Å². The molecule has 0 bridgehead atoms. The van der Waals surface area contributed by atoms with E-state index in [0.29, 0.717) is 16.9 Å². The molecule has 3 N–H and O–H groups in total. The van der Waals surface area contributed by atoms with Gasteiger partial charge in [0, 0.05) is 11.3 Å². The molecule has 2 rings (SSSR count). The Balaban J connectivity index is 2.18. The van der Waals surface area contributed by atoms with Crippen molar-refractivity contribution >= 4 is 37.3 Å². The molecule has 2 aromatic carbocycles. The van der Waals surface area contributed by atoms with Crippen molar-refractivity contribution in [3.05, 3.63) is 53.6 Å². The number of nitrogens with one attached hydrogen (secondary N) is 3. The number of carbonyl (C=O) groups excluding carboxylic acids is 1. The third-order valence-electron chi connectivity index (χ3n) is 3.58. The number of rotatable bonds is 7. The quantitative estimate of drug-likeness (QED) is 0.586. The van der Waals surface area contributed by atoms with Crippen molar-refractivity contribution in [3.63, 3.8) is 0 Å². The van der Waals surface area contributed by atoms with Crippen LogP contribution in [-0.4, -0.2) is 35.5 Å². The summed E-state index contributed by atoms with van der Waals surface area (Å²) in [7, 11) is -7.20. The zero-order chi connectivity index (χ0) is 20.9. The van der Waals surface area contributed by atoms with Crippen LogP contribution in [0.3, 0.4) is 0 Å². The van der Waals surface area contributed by atoms with Crippen LogP contribution in [0.15, 0.2) is 47.4 Å². The molecule has 10 heteroatoms. The van der Waals surface area contributed by atoms with Gasteiger partial charge in [-0.3, -0.25) is 9.52 Å². The predicted molar refractivity (Wildman–Crippen MR) is 108 cm³/mol. The molecular formula is C18H19N3O5S2. The summed E-state index contributed by atoms with van der Waals surface area (Å²) >= 11 is 0. The first-order valence-corrected chi connectivity index (χ1v) is 11.3. The number of sulfonamides is 2. The molecule has 2 aromatic rings. The molecule has 0 radical (unpaired) electrons. The van der Waals surface area contributed by atoms with Crippen molar-refractivity contribution in [3.8, 4) is 12.3 Å². The fraction of sp³-hybridized carbons (Fsp3) is 0.167. The van der Waals surface area contributed by atoms with E-state index in [1.807, 2.05) is 0 Å². The Morgan fingerprint density at radius 2 is 1.71 bits per heavy atom. The van der Waals surface area contributed by atoms with E-state index in [0.717, 1.165) is 6.26 Å². The highest BCUT2D eigenvalue weighted by Gasteiger charge is 2.14. The molecule has 0 spiro atoms. The molecule has 0 aromatic heterocycles. The highest BCUT2D eigenvalue weighted by molar-refractivity contribution is 7.92. The summed E-state index contributed by atoms with van der Waals surface area (Å²) in [5.41, 5.74) is 1.65. The first-order chi connectivity index (χ1) is 13.0. The number of hydrogen-bond donors (Lipinski definition) is 3. The van der Waals surface area contributed by atoms with Gasteiger partial charge < -0.3 is 5.32 Å². The summed E-state index contributed by atoms with van der Waals surface area (Å²) in [6.07, 6.45) is 6.07. The molecular weight excluding hydrogens is 402 g/mol. The molecule has 148 valence electrons. The largest absolute Gasteiger partial charge is 0.322 e. The van der Waals surface area contributed by atoms with Crippen molar-refractivity contribution in [2.24, 2.45) is 0 Å². The van der Waals surface area contributed by atoms with Crippen molar-refractivity contribution in [1.82, 2.24) is 4.72 Å². The molecule has 28 heavy (non-hydrogen) atoms. The van der Waals surface area contributed by atoms with E-state index in [4.69, 9.17) is 6.42 Å². The lowest BCUT2D eigenvalue weighted by Gasteiger charge is -2.11. The lowest BCUT2D eigenvalue weighted by Crippen LogP contribution is -2.24. The Bertz CT molecular complexity index is 1130. The summed E-state index contributed by atoms with van der Waals surface area (Å²) in [6, 6.07) is 10.1. The van der Waals surface area contributed by atoms with Gasteiger partial charge in [0.2, 0.25) is 20.0 Å². The lowest BCUT2D eigenvalue weighted by atomic mass is 10.1. The minimum Gasteiger partial charge on any atom is -0.322 e. The maximum Gasteiger partial charge on any atom is 0.255 e. The number of carbonyl (C=O) groups is 1. The molecule has 0 heterocycles. The van der Waals surface area contributed by atoms with E-state index >= 15 is 0 Å².